The first-order chi connectivity index (χ1) is 15.1. The van der Waals surface area contributed by atoms with Gasteiger partial charge in [-0.05, 0) is 43.2 Å². The minimum Gasteiger partial charge on any atom is -0.461 e. The van der Waals surface area contributed by atoms with Crippen LogP contribution in [0.5, 0.6) is 0 Å². The average molecular weight is 492 g/mol. The normalized spacial score (nSPS) is 13.5. The first-order valence-corrected chi connectivity index (χ1v) is 12.0. The Morgan fingerprint density at radius 3 is 2.87 bits per heavy atom. The molecule has 7 nitrogen and oxygen atoms in total. The molecule has 31 heavy (non-hydrogen) atoms. The van der Waals surface area contributed by atoms with Gasteiger partial charge in [-0.15, -0.1) is 21.5 Å². The van der Waals surface area contributed by atoms with E-state index in [1.807, 2.05) is 16.7 Å². The largest absolute Gasteiger partial charge is 0.461 e. The van der Waals surface area contributed by atoms with E-state index in [9.17, 15) is 4.79 Å². The third kappa shape index (κ3) is 4.50. The van der Waals surface area contributed by atoms with E-state index in [0.717, 1.165) is 23.5 Å². The summed E-state index contributed by atoms with van der Waals surface area (Å²) in [5, 5.41) is 15.8. The van der Waals surface area contributed by atoms with Gasteiger partial charge in [-0.1, -0.05) is 35.0 Å². The van der Waals surface area contributed by atoms with Crippen LogP contribution in [0.4, 0.5) is 0 Å². The highest BCUT2D eigenvalue weighted by atomic mass is 35.5. The number of benzene rings is 1. The van der Waals surface area contributed by atoms with Gasteiger partial charge >= 0.3 is 0 Å². The number of carbonyl (C=O) groups excluding carboxylic acids is 1. The minimum atomic E-state index is -0.117. The van der Waals surface area contributed by atoms with Crippen LogP contribution in [0.25, 0.3) is 17.3 Å². The Morgan fingerprint density at radius 2 is 2.13 bits per heavy atom. The maximum atomic E-state index is 12.2. The fourth-order valence-corrected chi connectivity index (χ4v) is 4.92. The second-order valence-electron chi connectivity index (χ2n) is 6.88. The van der Waals surface area contributed by atoms with E-state index >= 15 is 0 Å². The summed E-state index contributed by atoms with van der Waals surface area (Å²) in [6.07, 6.45) is 3.67. The van der Waals surface area contributed by atoms with Crippen molar-refractivity contribution < 1.29 is 9.21 Å². The second kappa shape index (κ2) is 8.66. The molecule has 11 heteroatoms. The Morgan fingerprint density at radius 1 is 1.26 bits per heavy atom. The number of thiazole rings is 1. The highest BCUT2D eigenvalue weighted by Crippen LogP contribution is 2.33. The van der Waals surface area contributed by atoms with Crippen LogP contribution in [0, 0.1) is 0 Å². The van der Waals surface area contributed by atoms with Gasteiger partial charge in [-0.2, -0.15) is 0 Å². The third-order valence-corrected chi connectivity index (χ3v) is 7.27. The van der Waals surface area contributed by atoms with Gasteiger partial charge in [-0.25, -0.2) is 4.98 Å². The molecule has 0 aliphatic heterocycles. The molecule has 1 aliphatic rings. The summed E-state index contributed by atoms with van der Waals surface area (Å²) in [5.74, 6) is 1.56. The van der Waals surface area contributed by atoms with Crippen LogP contribution in [0.2, 0.25) is 10.0 Å². The van der Waals surface area contributed by atoms with Crippen molar-refractivity contribution in [2.24, 2.45) is 0 Å². The topological polar surface area (TPSA) is 85.8 Å². The van der Waals surface area contributed by atoms with Gasteiger partial charge in [0.15, 0.2) is 10.9 Å². The predicted octanol–water partition coefficient (Wildman–Crippen LogP) is 5.48. The summed E-state index contributed by atoms with van der Waals surface area (Å²) >= 11 is 15.2. The zero-order chi connectivity index (χ0) is 21.4. The third-order valence-electron chi connectivity index (χ3n) is 4.56. The fraction of sp³-hybridized carbons (Fsp3) is 0.200. The van der Waals surface area contributed by atoms with Crippen LogP contribution >= 0.6 is 46.3 Å². The molecule has 3 aromatic heterocycles. The summed E-state index contributed by atoms with van der Waals surface area (Å²) in [7, 11) is 0. The number of furan rings is 1. The highest BCUT2D eigenvalue weighted by Gasteiger charge is 2.25. The molecule has 158 valence electrons. The molecular formula is C20H15Cl2N5O2S2. The van der Waals surface area contributed by atoms with Crippen molar-refractivity contribution in [2.45, 2.75) is 29.8 Å². The van der Waals surface area contributed by atoms with Gasteiger partial charge in [0.2, 0.25) is 5.82 Å². The number of nitrogens with one attached hydrogen (secondary N) is 1. The van der Waals surface area contributed by atoms with Gasteiger partial charge in [0.05, 0.1) is 27.7 Å². The number of thioether (sulfide) groups is 1. The molecular weight excluding hydrogens is 477 g/mol. The number of rotatable bonds is 7. The maximum Gasteiger partial charge on any atom is 0.270 e. The van der Waals surface area contributed by atoms with Gasteiger partial charge in [-0.3, -0.25) is 9.36 Å². The molecule has 0 bridgehead atoms. The van der Waals surface area contributed by atoms with Crippen molar-refractivity contribution >= 4 is 52.2 Å². The van der Waals surface area contributed by atoms with E-state index < -0.39 is 0 Å². The molecule has 0 spiro atoms. The van der Waals surface area contributed by atoms with Crippen molar-refractivity contribution in [3.05, 3.63) is 62.7 Å². The van der Waals surface area contributed by atoms with Crippen molar-refractivity contribution in [1.29, 1.82) is 0 Å². The number of carbonyl (C=O) groups is 1. The summed E-state index contributed by atoms with van der Waals surface area (Å²) in [6.45, 7) is 0. The monoisotopic (exact) mass is 491 g/mol. The van der Waals surface area contributed by atoms with E-state index in [-0.39, 0.29) is 5.91 Å². The lowest BCUT2D eigenvalue weighted by Gasteiger charge is -2.10. The lowest BCUT2D eigenvalue weighted by atomic mass is 10.3. The molecule has 1 aliphatic carbocycles. The summed E-state index contributed by atoms with van der Waals surface area (Å²) < 4.78 is 7.39. The molecule has 1 saturated carbocycles. The molecule has 3 heterocycles. The SMILES string of the molecule is O=C(NC1CC1)c1csc(CSc2nnc(-c3ccco3)n2-c2ccc(Cl)c(Cl)c2)n1. The Labute approximate surface area is 195 Å². The molecule has 0 saturated heterocycles. The van der Waals surface area contributed by atoms with Gasteiger partial charge in [0.1, 0.15) is 10.7 Å². The van der Waals surface area contributed by atoms with Crippen molar-refractivity contribution in [1.82, 2.24) is 25.1 Å². The van der Waals surface area contributed by atoms with Gasteiger partial charge < -0.3 is 9.73 Å². The van der Waals surface area contributed by atoms with Gasteiger partial charge in [0.25, 0.3) is 5.91 Å². The molecule has 0 radical (unpaired) electrons. The van der Waals surface area contributed by atoms with Crippen LogP contribution in [0.3, 0.4) is 0 Å². The molecule has 1 fully saturated rings. The molecule has 4 aromatic rings. The number of halogens is 2. The highest BCUT2D eigenvalue weighted by molar-refractivity contribution is 7.98. The molecule has 0 atom stereocenters. The molecule has 1 amide bonds. The number of hydrogen-bond acceptors (Lipinski definition) is 7. The van der Waals surface area contributed by atoms with E-state index in [4.69, 9.17) is 27.6 Å². The fourth-order valence-electron chi connectivity index (χ4n) is 2.88. The van der Waals surface area contributed by atoms with Crippen LogP contribution in [-0.2, 0) is 5.75 Å². The number of hydrogen-bond donors (Lipinski definition) is 1. The molecule has 5 rings (SSSR count). The zero-order valence-electron chi connectivity index (χ0n) is 15.9. The van der Waals surface area contributed by atoms with Crippen LogP contribution in [0.15, 0.2) is 51.5 Å². The Bertz CT molecular complexity index is 1230. The smallest absolute Gasteiger partial charge is 0.270 e. The quantitative estimate of drug-likeness (QED) is 0.344. The Hall–Kier alpha value is -2.33. The Balaban J connectivity index is 1.41. The average Bonchev–Trinajstić information content (AvgIpc) is 3.19. The van der Waals surface area contributed by atoms with Crippen LogP contribution in [0.1, 0.15) is 28.3 Å². The summed E-state index contributed by atoms with van der Waals surface area (Å²) in [5.41, 5.74) is 1.21. The van der Waals surface area contributed by atoms with Crippen LogP contribution in [-0.4, -0.2) is 31.7 Å². The molecule has 1 N–H and O–H groups in total. The lowest BCUT2D eigenvalue weighted by Crippen LogP contribution is -2.25. The van der Waals surface area contributed by atoms with Crippen molar-refractivity contribution in [3.63, 3.8) is 0 Å². The molecule has 0 unspecified atom stereocenters. The van der Waals surface area contributed by atoms with Crippen molar-refractivity contribution in [2.75, 3.05) is 0 Å². The first kappa shape index (κ1) is 20.6. The standard InChI is InChI=1S/C20H15Cl2N5O2S2/c21-13-6-5-12(8-14(13)22)27-18(16-2-1-7-29-16)25-26-20(27)31-10-17-24-15(9-30-17)19(28)23-11-3-4-11/h1-2,5-9,11H,3-4,10H2,(H,23,28). The van der Waals surface area contributed by atoms with E-state index in [1.54, 1.807) is 29.8 Å². The first-order valence-electron chi connectivity index (χ1n) is 9.41. The number of aromatic nitrogens is 4. The summed E-state index contributed by atoms with van der Waals surface area (Å²) in [6, 6.07) is 9.24. The van der Waals surface area contributed by atoms with Gasteiger partial charge in [0, 0.05) is 11.4 Å². The van der Waals surface area contributed by atoms with E-state index in [1.165, 1.54) is 23.1 Å². The van der Waals surface area contributed by atoms with E-state index in [0.29, 0.717) is 44.3 Å². The van der Waals surface area contributed by atoms with E-state index in [2.05, 4.69) is 20.5 Å². The second-order valence-corrected chi connectivity index (χ2v) is 9.58. The lowest BCUT2D eigenvalue weighted by molar-refractivity contribution is 0.0946. The minimum absolute atomic E-state index is 0.117. The Kier molecular flexibility index (Phi) is 5.75. The number of amides is 1. The maximum absolute atomic E-state index is 12.2. The van der Waals surface area contributed by atoms with Crippen molar-refractivity contribution in [3.8, 4) is 17.3 Å². The number of nitrogens with zero attached hydrogens (tertiary/aromatic N) is 4. The molecule has 1 aromatic carbocycles. The summed E-state index contributed by atoms with van der Waals surface area (Å²) in [4.78, 5) is 16.6. The predicted molar refractivity (Wildman–Crippen MR) is 121 cm³/mol. The van der Waals surface area contributed by atoms with Crippen LogP contribution < -0.4 is 5.32 Å². The zero-order valence-corrected chi connectivity index (χ0v) is 19.1.